The summed E-state index contributed by atoms with van der Waals surface area (Å²) in [6.45, 7) is 13.6. The van der Waals surface area contributed by atoms with Gasteiger partial charge < -0.3 is 19.8 Å². The van der Waals surface area contributed by atoms with Crippen LogP contribution in [0.5, 0.6) is 0 Å². The maximum atomic E-state index is 12.3. The number of hydrogen-bond acceptors (Lipinski definition) is 8. The molecule has 0 amide bonds. The fraction of sp³-hybridized carbons (Fsp3) is 0.875. The third-order valence-electron chi connectivity index (χ3n) is 7.30. The number of hydrogen-bond donors (Lipinski definition) is 1. The van der Waals surface area contributed by atoms with E-state index in [0.29, 0.717) is 25.8 Å². The summed E-state index contributed by atoms with van der Waals surface area (Å²) in [5.74, 6) is -1.77. The summed E-state index contributed by atoms with van der Waals surface area (Å²) in [7, 11) is -3.00. The van der Waals surface area contributed by atoms with Gasteiger partial charge >= 0.3 is 11.9 Å². The lowest BCUT2D eigenvalue weighted by Gasteiger charge is -2.37. The second kappa shape index (κ2) is 11.0. The van der Waals surface area contributed by atoms with E-state index < -0.39 is 44.7 Å². The van der Waals surface area contributed by atoms with E-state index in [9.17, 15) is 27.4 Å². The third kappa shape index (κ3) is 7.24. The second-order valence-electron chi connectivity index (χ2n) is 11.6. The van der Waals surface area contributed by atoms with Crippen molar-refractivity contribution >= 4 is 27.8 Å². The zero-order valence-electron chi connectivity index (χ0n) is 21.9. The Balaban J connectivity index is 0.000000347. The average molecular weight is 506 g/mol. The van der Waals surface area contributed by atoms with Crippen molar-refractivity contribution in [3.63, 3.8) is 0 Å². The van der Waals surface area contributed by atoms with Crippen LogP contribution in [0.3, 0.4) is 0 Å². The fourth-order valence-corrected chi connectivity index (χ4v) is 6.64. The Morgan fingerprint density at radius 3 is 2.06 bits per heavy atom. The summed E-state index contributed by atoms with van der Waals surface area (Å²) in [5.41, 5.74) is 1.97. The lowest BCUT2D eigenvalue weighted by molar-refractivity contribution is -0.379. The number of esters is 2. The predicted molar refractivity (Wildman–Crippen MR) is 125 cm³/mol. The molecule has 0 aromatic heterocycles. The Labute approximate surface area is 204 Å². The smallest absolute Gasteiger partial charge is 0.315 e. The van der Waals surface area contributed by atoms with Crippen molar-refractivity contribution in [3.05, 3.63) is 0 Å². The van der Waals surface area contributed by atoms with Crippen LogP contribution in [0.25, 0.3) is 0 Å². The van der Waals surface area contributed by atoms with E-state index in [2.05, 4.69) is 5.73 Å². The highest BCUT2D eigenvalue weighted by molar-refractivity contribution is 7.85. The molecule has 2 bridgehead atoms. The first-order chi connectivity index (χ1) is 15.3. The first kappa shape index (κ1) is 30.5. The summed E-state index contributed by atoms with van der Waals surface area (Å²) in [5, 5.41) is 0. The van der Waals surface area contributed by atoms with Gasteiger partial charge in [-0.15, -0.1) is 0 Å². The van der Waals surface area contributed by atoms with Gasteiger partial charge in [0.25, 0.3) is 0 Å². The van der Waals surface area contributed by atoms with Crippen molar-refractivity contribution in [1.82, 2.24) is 0 Å². The topological polar surface area (TPSA) is 155 Å². The summed E-state index contributed by atoms with van der Waals surface area (Å²) in [6, 6.07) is 0. The Bertz CT molecular complexity index is 859. The highest BCUT2D eigenvalue weighted by atomic mass is 32.2. The van der Waals surface area contributed by atoms with E-state index >= 15 is 0 Å². The Morgan fingerprint density at radius 2 is 1.74 bits per heavy atom. The summed E-state index contributed by atoms with van der Waals surface area (Å²) >= 11 is 0. The zero-order chi connectivity index (χ0) is 26.7. The number of Topliss-reactive ketones (excluding diaryl/α,β-unsaturated/α-hetero) is 1. The van der Waals surface area contributed by atoms with Gasteiger partial charge in [-0.1, -0.05) is 27.7 Å². The standard InChI is InChI=1S/C14H27NO4.C10H16O4S/c1-9(2)7-10(11(8-15)12(16)18-6)13(17)19-14(3,4)5;1-9(2)7-3-4-10(9,8(11)5-7)6-15(12,13)14/h9-11H,7-8,15H2,1-6H3;7H,3-6H2,1-2H3,(H,12,13,14)/t10-,11+;7-,10-/m11/s1. The van der Waals surface area contributed by atoms with Crippen LogP contribution in [0.2, 0.25) is 0 Å². The molecule has 34 heavy (non-hydrogen) atoms. The first-order valence-electron chi connectivity index (χ1n) is 11.9. The van der Waals surface area contributed by atoms with Crippen LogP contribution in [0.15, 0.2) is 0 Å². The van der Waals surface area contributed by atoms with E-state index in [0.717, 1.165) is 6.42 Å². The largest absolute Gasteiger partial charge is 0.748 e. The quantitative estimate of drug-likeness (QED) is 0.388. The minimum absolute atomic E-state index is 0.0248. The highest BCUT2D eigenvalue weighted by Gasteiger charge is 2.64. The van der Waals surface area contributed by atoms with E-state index in [-0.39, 0.29) is 29.0 Å². The van der Waals surface area contributed by atoms with Crippen LogP contribution in [-0.4, -0.2) is 55.7 Å². The molecule has 0 saturated heterocycles. The van der Waals surface area contributed by atoms with Gasteiger partial charge in [0.05, 0.1) is 35.4 Å². The number of ether oxygens (including phenoxy) is 2. The molecule has 2 aliphatic rings. The molecular weight excluding hydrogens is 462 g/mol. The molecule has 2 fully saturated rings. The van der Waals surface area contributed by atoms with Crippen molar-refractivity contribution in [2.45, 2.75) is 79.8 Å². The minimum atomic E-state index is -4.33. The molecule has 10 heteroatoms. The monoisotopic (exact) mass is 505 g/mol. The van der Waals surface area contributed by atoms with Gasteiger partial charge in [-0.25, -0.2) is 8.42 Å². The molecule has 9 nitrogen and oxygen atoms in total. The molecule has 0 aromatic rings. The maximum absolute atomic E-state index is 12.3. The van der Waals surface area contributed by atoms with Crippen LogP contribution in [-0.2, 0) is 34.0 Å². The number of carbonyl (C=O) groups excluding carboxylic acids is 3. The van der Waals surface area contributed by atoms with Crippen LogP contribution >= 0.6 is 0 Å². The Morgan fingerprint density at radius 1 is 1.18 bits per heavy atom. The molecule has 0 spiro atoms. The molecule has 2 aliphatic carbocycles. The average Bonchev–Trinajstić information content (AvgIpc) is 2.99. The molecule has 0 heterocycles. The molecule has 4 atom stereocenters. The first-order valence-corrected chi connectivity index (χ1v) is 13.5. The van der Waals surface area contributed by atoms with Gasteiger partial charge in [0.15, 0.2) is 0 Å². The van der Waals surface area contributed by atoms with Crippen LogP contribution in [0.1, 0.15) is 74.1 Å². The van der Waals surface area contributed by atoms with E-state index in [4.69, 9.17) is 9.47 Å². The molecular formula is C24H43NO8S. The Hall–Kier alpha value is -1.52. The summed E-state index contributed by atoms with van der Waals surface area (Å²) in [4.78, 5) is 35.9. The molecule has 198 valence electrons. The second-order valence-corrected chi connectivity index (χ2v) is 13.0. The van der Waals surface area contributed by atoms with Gasteiger partial charge in [0.2, 0.25) is 0 Å². The number of carbonyl (C=O) groups is 3. The molecule has 2 rings (SSSR count). The van der Waals surface area contributed by atoms with Crippen molar-refractivity contribution in [3.8, 4) is 0 Å². The molecule has 3 N–H and O–H groups in total. The van der Waals surface area contributed by atoms with Crippen LogP contribution in [0.4, 0.5) is 0 Å². The van der Waals surface area contributed by atoms with Gasteiger partial charge in [-0.3, -0.25) is 14.4 Å². The van der Waals surface area contributed by atoms with E-state index in [1.54, 1.807) is 0 Å². The predicted octanol–water partition coefficient (Wildman–Crippen LogP) is 1.95. The summed E-state index contributed by atoms with van der Waals surface area (Å²) in [6.07, 6.45) is 2.46. The Kier molecular flexibility index (Phi) is 9.90. The number of rotatable bonds is 8. The maximum Gasteiger partial charge on any atom is 0.315 e. The normalized spacial score (nSPS) is 25.4. The molecule has 0 radical (unpaired) electrons. The minimum Gasteiger partial charge on any atom is -0.748 e. The highest BCUT2D eigenvalue weighted by Crippen LogP contribution is 2.64. The van der Waals surface area contributed by atoms with Crippen molar-refractivity contribution in [2.24, 2.45) is 34.5 Å². The van der Waals surface area contributed by atoms with Crippen LogP contribution in [0, 0.1) is 34.5 Å². The SMILES string of the molecule is CC1(C)[C@@H]2CC[C@@]1(CS(=O)(=O)[O-])C(=O)C2.COC(=O)[C@@H](C[NH3+])[C@@H](CC(C)C)C(=O)OC(C)(C)C. The number of quaternary nitrogens is 1. The lowest BCUT2D eigenvalue weighted by atomic mass is 9.70. The molecule has 0 aromatic carbocycles. The van der Waals surface area contributed by atoms with E-state index in [1.807, 2.05) is 48.5 Å². The van der Waals surface area contributed by atoms with Crippen LogP contribution < -0.4 is 5.73 Å². The van der Waals surface area contributed by atoms with Gasteiger partial charge in [0.1, 0.15) is 17.3 Å². The third-order valence-corrected chi connectivity index (χ3v) is 8.14. The van der Waals surface area contributed by atoms with Crippen molar-refractivity contribution in [1.29, 1.82) is 0 Å². The molecule has 2 saturated carbocycles. The number of fused-ring (bicyclic) bond motifs is 2. The summed E-state index contributed by atoms with van der Waals surface area (Å²) < 4.78 is 42.8. The van der Waals surface area contributed by atoms with Gasteiger partial charge in [-0.05, 0) is 57.3 Å². The van der Waals surface area contributed by atoms with Gasteiger partial charge in [-0.2, -0.15) is 0 Å². The number of ketones is 1. The molecule has 0 unspecified atom stereocenters. The van der Waals surface area contributed by atoms with Gasteiger partial charge in [0, 0.05) is 11.8 Å². The van der Waals surface area contributed by atoms with E-state index in [1.165, 1.54) is 7.11 Å². The zero-order valence-corrected chi connectivity index (χ0v) is 22.7. The van der Waals surface area contributed by atoms with Crippen molar-refractivity contribution in [2.75, 3.05) is 19.4 Å². The lowest BCUT2D eigenvalue weighted by Crippen LogP contribution is -2.58. The fourth-order valence-electron chi connectivity index (χ4n) is 5.35. The number of methoxy groups -OCH3 is 1. The molecule has 0 aliphatic heterocycles. The van der Waals surface area contributed by atoms with Crippen molar-refractivity contribution < 1.29 is 42.6 Å².